The van der Waals surface area contributed by atoms with Crippen molar-refractivity contribution in [1.29, 1.82) is 0 Å². The first-order valence-electron chi connectivity index (χ1n) is 3.73. The van der Waals surface area contributed by atoms with Crippen molar-refractivity contribution in [1.82, 2.24) is 0 Å². The van der Waals surface area contributed by atoms with Gasteiger partial charge in [0.05, 0.1) is 11.5 Å². The summed E-state index contributed by atoms with van der Waals surface area (Å²) in [6.07, 6.45) is 0.393. The Bertz CT molecular complexity index is 136. The van der Waals surface area contributed by atoms with Crippen LogP contribution in [-0.4, -0.2) is 23.9 Å². The Morgan fingerprint density at radius 1 is 1.64 bits per heavy atom. The fraction of sp³-hybridized carbons (Fsp3) is 0.875. The molecule has 0 saturated carbocycles. The largest absolute Gasteiger partial charge is 0.374 e. The average Bonchev–Trinajstić information content (AvgIpc) is 1.87. The molecular formula is C8H15ClO2. The van der Waals surface area contributed by atoms with Crippen LogP contribution in [-0.2, 0) is 9.53 Å². The van der Waals surface area contributed by atoms with Gasteiger partial charge < -0.3 is 4.74 Å². The monoisotopic (exact) mass is 178 g/mol. The molecule has 2 nitrogen and oxygen atoms in total. The van der Waals surface area contributed by atoms with Crippen molar-refractivity contribution in [3.05, 3.63) is 0 Å². The van der Waals surface area contributed by atoms with Crippen molar-refractivity contribution in [3.8, 4) is 0 Å². The number of hydrogen-bond acceptors (Lipinski definition) is 2. The molecule has 0 amide bonds. The minimum atomic E-state index is -0.470. The zero-order chi connectivity index (χ0) is 8.91. The zero-order valence-electron chi connectivity index (χ0n) is 7.32. The van der Waals surface area contributed by atoms with Gasteiger partial charge in [0.1, 0.15) is 5.78 Å². The molecule has 0 spiro atoms. The summed E-state index contributed by atoms with van der Waals surface area (Å²) in [6, 6.07) is 0. The van der Waals surface area contributed by atoms with E-state index in [1.54, 1.807) is 6.92 Å². The smallest absolute Gasteiger partial charge is 0.132 e. The van der Waals surface area contributed by atoms with E-state index >= 15 is 0 Å². The predicted octanol–water partition coefficient (Wildman–Crippen LogP) is 2.00. The fourth-order valence-electron chi connectivity index (χ4n) is 1.01. The SMILES string of the molecule is CCOC(C)(CCl)CC(C)=O. The van der Waals surface area contributed by atoms with Crippen molar-refractivity contribution in [2.24, 2.45) is 0 Å². The summed E-state index contributed by atoms with van der Waals surface area (Å²) in [7, 11) is 0. The summed E-state index contributed by atoms with van der Waals surface area (Å²) in [4.78, 5) is 10.8. The number of carbonyl (C=O) groups excluding carboxylic acids is 1. The van der Waals surface area contributed by atoms with Crippen molar-refractivity contribution in [2.75, 3.05) is 12.5 Å². The van der Waals surface area contributed by atoms with Gasteiger partial charge in [0.15, 0.2) is 0 Å². The molecule has 0 aromatic carbocycles. The van der Waals surface area contributed by atoms with Crippen molar-refractivity contribution in [2.45, 2.75) is 32.8 Å². The predicted molar refractivity (Wildman–Crippen MR) is 46.0 cm³/mol. The van der Waals surface area contributed by atoms with Crippen LogP contribution in [0.4, 0.5) is 0 Å². The van der Waals surface area contributed by atoms with Gasteiger partial charge in [-0.25, -0.2) is 0 Å². The van der Waals surface area contributed by atoms with Crippen LogP contribution in [0.5, 0.6) is 0 Å². The van der Waals surface area contributed by atoms with Crippen molar-refractivity contribution in [3.63, 3.8) is 0 Å². The van der Waals surface area contributed by atoms with Crippen LogP contribution in [0.15, 0.2) is 0 Å². The van der Waals surface area contributed by atoms with Crippen LogP contribution in [0.1, 0.15) is 27.2 Å². The Hall–Kier alpha value is -0.0800. The van der Waals surface area contributed by atoms with Gasteiger partial charge >= 0.3 is 0 Å². The quantitative estimate of drug-likeness (QED) is 0.602. The van der Waals surface area contributed by atoms with E-state index in [1.807, 2.05) is 13.8 Å². The van der Waals surface area contributed by atoms with Crippen molar-refractivity contribution < 1.29 is 9.53 Å². The van der Waals surface area contributed by atoms with Gasteiger partial charge in [-0.3, -0.25) is 4.79 Å². The van der Waals surface area contributed by atoms with Crippen LogP contribution in [0, 0.1) is 0 Å². The van der Waals surface area contributed by atoms with E-state index in [0.717, 1.165) is 0 Å². The van der Waals surface area contributed by atoms with E-state index in [0.29, 0.717) is 18.9 Å². The second-order valence-electron chi connectivity index (χ2n) is 2.90. The van der Waals surface area contributed by atoms with Gasteiger partial charge in [-0.1, -0.05) is 0 Å². The number of carbonyl (C=O) groups is 1. The Labute approximate surface area is 72.9 Å². The molecule has 0 aliphatic heterocycles. The highest BCUT2D eigenvalue weighted by molar-refractivity contribution is 6.18. The molecule has 0 aliphatic rings. The Balaban J connectivity index is 3.98. The van der Waals surface area contributed by atoms with Crippen molar-refractivity contribution >= 4 is 17.4 Å². The lowest BCUT2D eigenvalue weighted by Gasteiger charge is -2.25. The number of halogens is 1. The average molecular weight is 179 g/mol. The maximum atomic E-state index is 10.8. The third-order valence-electron chi connectivity index (χ3n) is 1.40. The Morgan fingerprint density at radius 3 is 2.45 bits per heavy atom. The molecule has 0 N–H and O–H groups in total. The molecule has 0 aromatic heterocycles. The van der Waals surface area contributed by atoms with E-state index in [-0.39, 0.29) is 5.78 Å². The van der Waals surface area contributed by atoms with Gasteiger partial charge in [-0.05, 0) is 20.8 Å². The molecule has 3 heteroatoms. The van der Waals surface area contributed by atoms with E-state index in [4.69, 9.17) is 16.3 Å². The molecule has 11 heavy (non-hydrogen) atoms. The molecule has 0 aromatic rings. The Kier molecular flexibility index (Phi) is 4.69. The lowest BCUT2D eigenvalue weighted by atomic mass is 10.0. The van der Waals surface area contributed by atoms with Gasteiger partial charge in [0.2, 0.25) is 0 Å². The van der Waals surface area contributed by atoms with E-state index in [9.17, 15) is 4.79 Å². The van der Waals surface area contributed by atoms with Gasteiger partial charge in [-0.15, -0.1) is 11.6 Å². The lowest BCUT2D eigenvalue weighted by Crippen LogP contribution is -2.33. The molecular weight excluding hydrogens is 164 g/mol. The normalized spacial score (nSPS) is 16.0. The summed E-state index contributed by atoms with van der Waals surface area (Å²) in [6.45, 7) is 5.89. The molecule has 66 valence electrons. The highest BCUT2D eigenvalue weighted by Gasteiger charge is 2.24. The highest BCUT2D eigenvalue weighted by atomic mass is 35.5. The first-order chi connectivity index (χ1) is 5.04. The standard InChI is InChI=1S/C8H15ClO2/c1-4-11-8(3,6-9)5-7(2)10/h4-6H2,1-3H3. The second kappa shape index (κ2) is 4.73. The van der Waals surface area contributed by atoms with Gasteiger partial charge in [0, 0.05) is 13.0 Å². The summed E-state index contributed by atoms with van der Waals surface area (Å²) in [5.74, 6) is 0.474. The molecule has 0 fully saturated rings. The van der Waals surface area contributed by atoms with Crippen LogP contribution < -0.4 is 0 Å². The summed E-state index contributed by atoms with van der Waals surface area (Å²) in [5, 5.41) is 0. The van der Waals surface area contributed by atoms with Crippen LogP contribution >= 0.6 is 11.6 Å². The Morgan fingerprint density at radius 2 is 2.18 bits per heavy atom. The van der Waals surface area contributed by atoms with Gasteiger partial charge in [0.25, 0.3) is 0 Å². The zero-order valence-corrected chi connectivity index (χ0v) is 8.07. The molecule has 0 saturated heterocycles. The maximum absolute atomic E-state index is 10.8. The first kappa shape index (κ1) is 10.9. The van der Waals surface area contributed by atoms with E-state index in [2.05, 4.69) is 0 Å². The summed E-state index contributed by atoms with van der Waals surface area (Å²) >= 11 is 5.65. The number of hydrogen-bond donors (Lipinski definition) is 0. The molecule has 0 heterocycles. The minimum Gasteiger partial charge on any atom is -0.374 e. The molecule has 0 radical (unpaired) electrons. The van der Waals surface area contributed by atoms with Crippen LogP contribution in [0.25, 0.3) is 0 Å². The first-order valence-corrected chi connectivity index (χ1v) is 4.27. The topological polar surface area (TPSA) is 26.3 Å². The minimum absolute atomic E-state index is 0.113. The number of Topliss-reactive ketones (excluding diaryl/α,β-unsaturated/α-hetero) is 1. The fourth-order valence-corrected chi connectivity index (χ4v) is 1.18. The second-order valence-corrected chi connectivity index (χ2v) is 3.16. The molecule has 0 aliphatic carbocycles. The molecule has 0 rings (SSSR count). The third kappa shape index (κ3) is 4.38. The molecule has 1 atom stereocenters. The van der Waals surface area contributed by atoms with Gasteiger partial charge in [-0.2, -0.15) is 0 Å². The number of rotatable bonds is 5. The van der Waals surface area contributed by atoms with Crippen LogP contribution in [0.3, 0.4) is 0 Å². The molecule has 1 unspecified atom stereocenters. The van der Waals surface area contributed by atoms with Crippen LogP contribution in [0.2, 0.25) is 0 Å². The summed E-state index contributed by atoms with van der Waals surface area (Å²) in [5.41, 5.74) is -0.470. The number of alkyl halides is 1. The highest BCUT2D eigenvalue weighted by Crippen LogP contribution is 2.17. The third-order valence-corrected chi connectivity index (χ3v) is 1.96. The van der Waals surface area contributed by atoms with E-state index in [1.165, 1.54) is 0 Å². The van der Waals surface area contributed by atoms with E-state index < -0.39 is 5.60 Å². The molecule has 0 bridgehead atoms. The lowest BCUT2D eigenvalue weighted by molar-refractivity contribution is -0.122. The summed E-state index contributed by atoms with van der Waals surface area (Å²) < 4.78 is 5.34. The number of ketones is 1. The number of ether oxygens (including phenoxy) is 1. The maximum Gasteiger partial charge on any atom is 0.132 e.